The summed E-state index contributed by atoms with van der Waals surface area (Å²) >= 11 is 0. The minimum atomic E-state index is -3.64. The van der Waals surface area contributed by atoms with Crippen molar-refractivity contribution in [1.82, 2.24) is 14.5 Å². The molecule has 0 aromatic heterocycles. The Morgan fingerprint density at radius 3 is 2.19 bits per heavy atom. The quantitative estimate of drug-likeness (QED) is 0.226. The van der Waals surface area contributed by atoms with Crippen LogP contribution < -0.4 is 5.32 Å². The van der Waals surface area contributed by atoms with E-state index in [4.69, 9.17) is 4.74 Å². The van der Waals surface area contributed by atoms with Crippen LogP contribution in [0.1, 0.15) is 50.7 Å². The van der Waals surface area contributed by atoms with Crippen LogP contribution >= 0.6 is 12.4 Å². The Kier molecular flexibility index (Phi) is 13.2. The van der Waals surface area contributed by atoms with Crippen LogP contribution in [0.25, 0.3) is 0 Å². The minimum Gasteiger partial charge on any atom is -0.461 e. The van der Waals surface area contributed by atoms with Crippen LogP contribution in [0.15, 0.2) is 95.9 Å². The summed E-state index contributed by atoms with van der Waals surface area (Å²) in [5.41, 5.74) is 1.75. The Morgan fingerprint density at radius 2 is 1.58 bits per heavy atom. The molecular formula is C34H46ClN3O4S. The molecule has 0 saturated carbocycles. The molecule has 7 nitrogen and oxygen atoms in total. The number of halogens is 1. The number of hydrogen-bond donors (Lipinski definition) is 1. The molecule has 234 valence electrons. The number of carbonyl (C=O) groups is 1. The molecule has 0 bridgehead atoms. The van der Waals surface area contributed by atoms with Crippen molar-refractivity contribution in [3.8, 4) is 0 Å². The fourth-order valence-corrected chi connectivity index (χ4v) is 7.31. The third kappa shape index (κ3) is 8.89. The van der Waals surface area contributed by atoms with Crippen LogP contribution in [0.5, 0.6) is 0 Å². The molecular weight excluding hydrogens is 582 g/mol. The van der Waals surface area contributed by atoms with Crippen LogP contribution in [0, 0.1) is 5.92 Å². The third-order valence-electron chi connectivity index (χ3n) is 8.63. The van der Waals surface area contributed by atoms with E-state index in [1.54, 1.807) is 31.3 Å². The minimum absolute atomic E-state index is 0. The van der Waals surface area contributed by atoms with Crippen LogP contribution in [0.2, 0.25) is 0 Å². The molecule has 0 radical (unpaired) electrons. The van der Waals surface area contributed by atoms with Gasteiger partial charge in [-0.25, -0.2) is 12.7 Å². The number of likely N-dealkylation sites (N-methyl/N-ethyl adjacent to an activating group) is 1. The molecule has 0 spiro atoms. The molecule has 3 aromatic carbocycles. The first-order valence-electron chi connectivity index (χ1n) is 15.0. The van der Waals surface area contributed by atoms with Crippen molar-refractivity contribution in [3.63, 3.8) is 0 Å². The zero-order valence-electron chi connectivity index (χ0n) is 25.5. The number of esters is 1. The van der Waals surface area contributed by atoms with Crippen LogP contribution in [0.3, 0.4) is 0 Å². The number of benzene rings is 3. The summed E-state index contributed by atoms with van der Waals surface area (Å²) in [5, 5.41) is 3.59. The lowest BCUT2D eigenvalue weighted by atomic mass is 9.75. The second-order valence-electron chi connectivity index (χ2n) is 11.2. The maximum absolute atomic E-state index is 13.5. The van der Waals surface area contributed by atoms with E-state index in [1.165, 1.54) is 4.31 Å². The van der Waals surface area contributed by atoms with Crippen molar-refractivity contribution >= 4 is 28.4 Å². The first kappa shape index (κ1) is 34.7. The molecule has 1 fully saturated rings. The predicted octanol–water partition coefficient (Wildman–Crippen LogP) is 5.86. The molecule has 0 aliphatic carbocycles. The lowest BCUT2D eigenvalue weighted by Crippen LogP contribution is -2.53. The Bertz CT molecular complexity index is 1360. The van der Waals surface area contributed by atoms with Gasteiger partial charge in [0.25, 0.3) is 0 Å². The van der Waals surface area contributed by atoms with Crippen molar-refractivity contribution in [2.45, 2.75) is 62.6 Å². The summed E-state index contributed by atoms with van der Waals surface area (Å²) < 4.78 is 34.2. The van der Waals surface area contributed by atoms with Crippen molar-refractivity contribution in [1.29, 1.82) is 0 Å². The van der Waals surface area contributed by atoms with Gasteiger partial charge in [-0.2, -0.15) is 0 Å². The van der Waals surface area contributed by atoms with E-state index in [-0.39, 0.29) is 35.9 Å². The summed E-state index contributed by atoms with van der Waals surface area (Å²) in [6.45, 7) is 7.25. The molecule has 9 heteroatoms. The van der Waals surface area contributed by atoms with Gasteiger partial charge in [-0.1, -0.05) is 92.7 Å². The fraction of sp³-hybridized carbons (Fsp3) is 0.441. The van der Waals surface area contributed by atoms with Crippen LogP contribution in [-0.4, -0.2) is 63.0 Å². The molecule has 3 atom stereocenters. The molecule has 4 rings (SSSR count). The summed E-state index contributed by atoms with van der Waals surface area (Å²) in [5.74, 6) is -0.289. The number of nitrogens with zero attached hydrogens (tertiary/aromatic N) is 2. The van der Waals surface area contributed by atoms with Crippen molar-refractivity contribution in [2.75, 3.05) is 33.2 Å². The Hall–Kier alpha value is -2.75. The van der Waals surface area contributed by atoms with Gasteiger partial charge in [-0.3, -0.25) is 9.69 Å². The standard InChI is InChI=1S/C34H45N3O4S.ClH/c1-4-34(30-17-11-7-12-18-30,27-36(3)42(39,40)31-19-13-8-14-20-31)22-24-37-23-21-29(25-32(37)35-5-2)33(38)41-26-28-15-9-6-10-16-28;/h6-20,29,32,35H,4-5,21-27H2,1-3H3;1H. The van der Waals surface area contributed by atoms with E-state index < -0.39 is 10.0 Å². The zero-order chi connectivity index (χ0) is 30.0. The predicted molar refractivity (Wildman–Crippen MR) is 175 cm³/mol. The molecule has 3 aromatic rings. The highest BCUT2D eigenvalue weighted by Gasteiger charge is 2.38. The molecule has 3 unspecified atom stereocenters. The number of piperidine rings is 1. The van der Waals surface area contributed by atoms with Gasteiger partial charge in [-0.05, 0) is 55.5 Å². The topological polar surface area (TPSA) is 79.0 Å². The highest BCUT2D eigenvalue weighted by molar-refractivity contribution is 7.89. The fourth-order valence-electron chi connectivity index (χ4n) is 6.03. The van der Waals surface area contributed by atoms with E-state index in [9.17, 15) is 13.2 Å². The number of likely N-dealkylation sites (tertiary alicyclic amines) is 1. The number of ether oxygens (including phenoxy) is 1. The first-order valence-corrected chi connectivity index (χ1v) is 16.5. The normalized spacial score (nSPS) is 18.9. The van der Waals surface area contributed by atoms with Gasteiger partial charge in [-0.15, -0.1) is 12.4 Å². The smallest absolute Gasteiger partial charge is 0.309 e. The van der Waals surface area contributed by atoms with Gasteiger partial charge in [0, 0.05) is 32.1 Å². The maximum atomic E-state index is 13.5. The van der Waals surface area contributed by atoms with E-state index in [1.807, 2.05) is 54.6 Å². The average molecular weight is 628 g/mol. The van der Waals surface area contributed by atoms with Crippen LogP contribution in [-0.2, 0) is 31.6 Å². The van der Waals surface area contributed by atoms with Gasteiger partial charge in [0.2, 0.25) is 10.0 Å². The van der Waals surface area contributed by atoms with E-state index in [0.717, 1.165) is 50.0 Å². The van der Waals surface area contributed by atoms with Gasteiger partial charge in [0.15, 0.2) is 0 Å². The van der Waals surface area contributed by atoms with Gasteiger partial charge in [0.05, 0.1) is 17.0 Å². The SMILES string of the molecule is CCNC1CC(C(=O)OCc2ccccc2)CCN1CCC(CC)(CN(C)S(=O)(=O)c1ccccc1)c1ccccc1.Cl. The lowest BCUT2D eigenvalue weighted by molar-refractivity contribution is -0.152. The first-order chi connectivity index (χ1) is 20.3. The zero-order valence-corrected chi connectivity index (χ0v) is 27.2. The molecule has 1 N–H and O–H groups in total. The number of rotatable bonds is 14. The van der Waals surface area contributed by atoms with E-state index in [0.29, 0.717) is 24.5 Å². The van der Waals surface area contributed by atoms with Crippen LogP contribution in [0.4, 0.5) is 0 Å². The average Bonchev–Trinajstić information content (AvgIpc) is 3.03. The monoisotopic (exact) mass is 627 g/mol. The lowest BCUT2D eigenvalue weighted by Gasteiger charge is -2.43. The van der Waals surface area contributed by atoms with Gasteiger partial charge >= 0.3 is 5.97 Å². The molecule has 1 aliphatic rings. The second kappa shape index (κ2) is 16.4. The summed E-state index contributed by atoms with van der Waals surface area (Å²) in [6, 6.07) is 28.7. The van der Waals surface area contributed by atoms with Crippen molar-refractivity contribution < 1.29 is 17.9 Å². The maximum Gasteiger partial charge on any atom is 0.309 e. The number of hydrogen-bond acceptors (Lipinski definition) is 6. The summed E-state index contributed by atoms with van der Waals surface area (Å²) in [7, 11) is -1.96. The Labute approximate surface area is 264 Å². The van der Waals surface area contributed by atoms with Gasteiger partial charge < -0.3 is 10.1 Å². The molecule has 1 saturated heterocycles. The molecule has 1 heterocycles. The number of nitrogens with one attached hydrogen (secondary N) is 1. The van der Waals surface area contributed by atoms with Crippen molar-refractivity contribution in [3.05, 3.63) is 102 Å². The molecule has 0 amide bonds. The summed E-state index contributed by atoms with van der Waals surface area (Å²) in [6.07, 6.45) is 3.05. The number of sulfonamides is 1. The molecule has 1 aliphatic heterocycles. The highest BCUT2D eigenvalue weighted by Crippen LogP contribution is 2.35. The van der Waals surface area contributed by atoms with E-state index >= 15 is 0 Å². The largest absolute Gasteiger partial charge is 0.461 e. The third-order valence-corrected chi connectivity index (χ3v) is 10.4. The Morgan fingerprint density at radius 1 is 0.977 bits per heavy atom. The van der Waals surface area contributed by atoms with Crippen molar-refractivity contribution in [2.24, 2.45) is 5.92 Å². The van der Waals surface area contributed by atoms with E-state index in [2.05, 4.69) is 36.2 Å². The van der Waals surface area contributed by atoms with Gasteiger partial charge in [0.1, 0.15) is 6.61 Å². The number of carbonyl (C=O) groups excluding carboxylic acids is 1. The highest BCUT2D eigenvalue weighted by atomic mass is 35.5. The summed E-state index contributed by atoms with van der Waals surface area (Å²) in [4.78, 5) is 15.7. The second-order valence-corrected chi connectivity index (χ2v) is 13.3. The Balaban J connectivity index is 0.00000506. The molecule has 43 heavy (non-hydrogen) atoms.